The number of nitrogens with zero attached hydrogens (tertiary/aromatic N) is 2. The lowest BCUT2D eigenvalue weighted by Crippen LogP contribution is -2.34. The number of nitrogens with one attached hydrogen (secondary N) is 1. The van der Waals surface area contributed by atoms with Crippen LogP contribution in [-0.4, -0.2) is 47.6 Å². The van der Waals surface area contributed by atoms with Crippen molar-refractivity contribution in [3.8, 4) is 0 Å². The lowest BCUT2D eigenvalue weighted by atomic mass is 10.1. The van der Waals surface area contributed by atoms with E-state index in [0.29, 0.717) is 6.61 Å². The summed E-state index contributed by atoms with van der Waals surface area (Å²) in [6.45, 7) is 0.00115. The van der Waals surface area contributed by atoms with E-state index in [4.69, 9.17) is 9.47 Å². The predicted molar refractivity (Wildman–Crippen MR) is 96.2 cm³/mol. The second kappa shape index (κ2) is 8.03. The second-order valence-electron chi connectivity index (χ2n) is 6.60. The number of aliphatic hydroxyl groups is 1. The number of hydrogen-bond acceptors (Lipinski definition) is 6. The quantitative estimate of drug-likeness (QED) is 0.763. The van der Waals surface area contributed by atoms with Crippen molar-refractivity contribution in [1.82, 2.24) is 9.55 Å². The first kappa shape index (κ1) is 19.3. The predicted octanol–water partition coefficient (Wildman–Crippen LogP) is 0.607. The number of rotatable bonds is 6. The van der Waals surface area contributed by atoms with Gasteiger partial charge >= 0.3 is 5.69 Å². The second-order valence-corrected chi connectivity index (χ2v) is 6.60. The zero-order chi connectivity index (χ0) is 19.6. The molecule has 0 amide bonds. The molecule has 2 aromatic rings. The van der Waals surface area contributed by atoms with E-state index in [1.165, 1.54) is 0 Å². The molecule has 2 heterocycles. The lowest BCUT2D eigenvalue weighted by Gasteiger charge is -2.17. The molecule has 0 saturated carbocycles. The molecule has 3 rings (SSSR count). The van der Waals surface area contributed by atoms with Gasteiger partial charge in [-0.3, -0.25) is 14.3 Å². The third-order valence-electron chi connectivity index (χ3n) is 4.51. The molecular weight excluding hydrogens is 357 g/mol. The summed E-state index contributed by atoms with van der Waals surface area (Å²) in [6, 6.07) is 7.83. The SMILES string of the molecule is CN(C)c1ccc(COC2C[C@@H](n3cc(F)c(=O)[nH]c3=O)O[C@H]2CO)cc1. The number of aromatic amines is 1. The maximum Gasteiger partial charge on any atom is 0.330 e. The van der Waals surface area contributed by atoms with Gasteiger partial charge in [-0.05, 0) is 17.7 Å². The normalized spacial score (nSPS) is 22.1. The largest absolute Gasteiger partial charge is 0.394 e. The van der Waals surface area contributed by atoms with Gasteiger partial charge in [-0.15, -0.1) is 0 Å². The fraction of sp³-hybridized carbons (Fsp3) is 0.444. The Morgan fingerprint density at radius 2 is 2.04 bits per heavy atom. The van der Waals surface area contributed by atoms with Crippen molar-refractivity contribution >= 4 is 5.69 Å². The minimum absolute atomic E-state index is 0.242. The summed E-state index contributed by atoms with van der Waals surface area (Å²) in [5.74, 6) is -1.08. The first-order chi connectivity index (χ1) is 12.9. The molecular formula is C18H22FN3O5. The van der Waals surface area contributed by atoms with Gasteiger partial charge in [0, 0.05) is 26.2 Å². The van der Waals surface area contributed by atoms with E-state index in [2.05, 4.69) is 0 Å². The Hall–Kier alpha value is -2.49. The Morgan fingerprint density at radius 1 is 1.33 bits per heavy atom. The number of ether oxygens (including phenoxy) is 2. The van der Waals surface area contributed by atoms with Gasteiger partial charge in [0.1, 0.15) is 12.3 Å². The standard InChI is InChI=1S/C18H22FN3O5/c1-21(2)12-5-3-11(4-6-12)10-26-14-7-16(27-15(14)9-23)22-8-13(19)17(24)20-18(22)25/h3-6,8,14-16,23H,7,9-10H2,1-2H3,(H,20,24,25)/t14?,15-,16-/m0/s1. The molecule has 0 aliphatic carbocycles. The molecule has 9 heteroatoms. The molecule has 1 saturated heterocycles. The molecule has 27 heavy (non-hydrogen) atoms. The average Bonchev–Trinajstić information content (AvgIpc) is 3.06. The molecule has 1 fully saturated rings. The summed E-state index contributed by atoms with van der Waals surface area (Å²) in [4.78, 5) is 26.9. The van der Waals surface area contributed by atoms with Crippen molar-refractivity contribution in [3.63, 3.8) is 0 Å². The van der Waals surface area contributed by atoms with Crippen LogP contribution < -0.4 is 16.1 Å². The molecule has 0 spiro atoms. The van der Waals surface area contributed by atoms with E-state index in [-0.39, 0.29) is 13.0 Å². The third kappa shape index (κ3) is 4.26. The average molecular weight is 379 g/mol. The zero-order valence-electron chi connectivity index (χ0n) is 15.1. The highest BCUT2D eigenvalue weighted by Gasteiger charge is 2.37. The van der Waals surface area contributed by atoms with Crippen LogP contribution in [0.4, 0.5) is 10.1 Å². The third-order valence-corrected chi connectivity index (χ3v) is 4.51. The summed E-state index contributed by atoms with van der Waals surface area (Å²) < 4.78 is 25.9. The molecule has 1 aliphatic heterocycles. The Kier molecular flexibility index (Phi) is 5.73. The van der Waals surface area contributed by atoms with Crippen LogP contribution >= 0.6 is 0 Å². The van der Waals surface area contributed by atoms with Crippen LogP contribution in [0.25, 0.3) is 0 Å². The van der Waals surface area contributed by atoms with Crippen molar-refractivity contribution in [2.24, 2.45) is 0 Å². The van der Waals surface area contributed by atoms with Gasteiger partial charge in [-0.25, -0.2) is 4.79 Å². The highest BCUT2D eigenvalue weighted by atomic mass is 19.1. The summed E-state index contributed by atoms with van der Waals surface area (Å²) >= 11 is 0. The van der Waals surface area contributed by atoms with Crippen LogP contribution in [-0.2, 0) is 16.1 Å². The maximum absolute atomic E-state index is 13.5. The van der Waals surface area contributed by atoms with E-state index in [1.807, 2.05) is 48.2 Å². The van der Waals surface area contributed by atoms with Crippen molar-refractivity contribution in [1.29, 1.82) is 0 Å². The lowest BCUT2D eigenvalue weighted by molar-refractivity contribution is -0.0659. The van der Waals surface area contributed by atoms with Crippen LogP contribution in [0.3, 0.4) is 0 Å². The summed E-state index contributed by atoms with van der Waals surface area (Å²) in [7, 11) is 3.91. The fourth-order valence-corrected chi connectivity index (χ4v) is 2.98. The molecule has 1 unspecified atom stereocenters. The monoisotopic (exact) mass is 379 g/mol. The molecule has 1 aliphatic rings. The summed E-state index contributed by atoms with van der Waals surface area (Å²) in [6.07, 6.45) is -0.912. The Morgan fingerprint density at radius 3 is 2.67 bits per heavy atom. The number of anilines is 1. The van der Waals surface area contributed by atoms with Gasteiger partial charge in [-0.1, -0.05) is 12.1 Å². The topological polar surface area (TPSA) is 96.8 Å². The smallest absolute Gasteiger partial charge is 0.330 e. The van der Waals surface area contributed by atoms with Crippen LogP contribution in [0.5, 0.6) is 0 Å². The Labute approximate surface area is 154 Å². The summed E-state index contributed by atoms with van der Waals surface area (Å²) in [5.41, 5.74) is 0.161. The minimum atomic E-state index is -1.08. The molecule has 1 aromatic heterocycles. The van der Waals surface area contributed by atoms with Crippen molar-refractivity contribution < 1.29 is 19.0 Å². The molecule has 2 N–H and O–H groups in total. The van der Waals surface area contributed by atoms with Crippen molar-refractivity contribution in [3.05, 3.63) is 62.7 Å². The molecule has 8 nitrogen and oxygen atoms in total. The highest BCUT2D eigenvalue weighted by molar-refractivity contribution is 5.45. The molecule has 1 aromatic carbocycles. The van der Waals surface area contributed by atoms with Crippen molar-refractivity contribution in [2.75, 3.05) is 25.6 Å². The Balaban J connectivity index is 1.68. The van der Waals surface area contributed by atoms with E-state index >= 15 is 0 Å². The van der Waals surface area contributed by atoms with Crippen molar-refractivity contribution in [2.45, 2.75) is 31.5 Å². The molecule has 146 valence electrons. The van der Waals surface area contributed by atoms with Gasteiger partial charge in [0.15, 0.2) is 0 Å². The molecule has 0 bridgehead atoms. The summed E-state index contributed by atoms with van der Waals surface area (Å²) in [5, 5.41) is 9.53. The molecule has 3 atom stereocenters. The number of aromatic nitrogens is 2. The minimum Gasteiger partial charge on any atom is -0.394 e. The number of H-pyrrole nitrogens is 1. The van der Waals surface area contributed by atoms with Gasteiger partial charge in [0.25, 0.3) is 5.56 Å². The van der Waals surface area contributed by atoms with Gasteiger partial charge in [-0.2, -0.15) is 4.39 Å². The van der Waals surface area contributed by atoms with Crippen LogP contribution in [0.15, 0.2) is 40.1 Å². The Bertz CT molecular complexity index is 893. The van der Waals surface area contributed by atoms with E-state index in [1.54, 1.807) is 0 Å². The van der Waals surface area contributed by atoms with Crippen LogP contribution in [0.1, 0.15) is 18.2 Å². The van der Waals surface area contributed by atoms with Gasteiger partial charge in [0.05, 0.1) is 25.5 Å². The van der Waals surface area contributed by atoms with E-state index in [0.717, 1.165) is 22.0 Å². The first-order valence-electron chi connectivity index (χ1n) is 8.54. The maximum atomic E-state index is 13.5. The number of aliphatic hydroxyl groups excluding tert-OH is 1. The first-order valence-corrected chi connectivity index (χ1v) is 8.54. The number of hydrogen-bond donors (Lipinski definition) is 2. The van der Waals surface area contributed by atoms with Crippen LogP contribution in [0, 0.1) is 5.82 Å². The molecule has 0 radical (unpaired) electrons. The van der Waals surface area contributed by atoms with Gasteiger partial charge in [0.2, 0.25) is 5.82 Å². The van der Waals surface area contributed by atoms with E-state index < -0.39 is 35.5 Å². The van der Waals surface area contributed by atoms with E-state index in [9.17, 15) is 19.1 Å². The zero-order valence-corrected chi connectivity index (χ0v) is 15.1. The van der Waals surface area contributed by atoms with Gasteiger partial charge < -0.3 is 19.5 Å². The highest BCUT2D eigenvalue weighted by Crippen LogP contribution is 2.30. The number of benzene rings is 1. The van der Waals surface area contributed by atoms with Crippen LogP contribution in [0.2, 0.25) is 0 Å². The fourth-order valence-electron chi connectivity index (χ4n) is 2.98. The number of halogens is 1.